The van der Waals surface area contributed by atoms with Crippen LogP contribution in [0, 0.1) is 0 Å². The van der Waals surface area contributed by atoms with Gasteiger partial charge in [-0.15, -0.1) is 5.10 Å². The maximum atomic E-state index is 9.95. The Morgan fingerprint density at radius 3 is 2.68 bits per heavy atom. The molecular weight excluding hydrogens is 358 g/mol. The van der Waals surface area contributed by atoms with Crippen molar-refractivity contribution in [2.45, 2.75) is 19.4 Å². The second-order valence-electron chi connectivity index (χ2n) is 6.21. The number of nitrogens with zero attached hydrogens (tertiary/aromatic N) is 4. The number of benzene rings is 2. The van der Waals surface area contributed by atoms with Crippen molar-refractivity contribution in [1.29, 1.82) is 0 Å². The third kappa shape index (κ3) is 4.35. The Bertz CT molecular complexity index is 1050. The number of aromatic amines is 1. The highest BCUT2D eigenvalue weighted by Crippen LogP contribution is 2.24. The first-order valence-corrected chi connectivity index (χ1v) is 8.94. The van der Waals surface area contributed by atoms with E-state index in [9.17, 15) is 5.11 Å². The second kappa shape index (κ2) is 8.34. The number of H-pyrrole nitrogens is 1. The lowest BCUT2D eigenvalue weighted by Crippen LogP contribution is -2.01. The van der Waals surface area contributed by atoms with E-state index in [0.29, 0.717) is 24.5 Å². The maximum absolute atomic E-state index is 9.95. The Hall–Kier alpha value is -3.68. The number of aromatic nitrogens is 5. The van der Waals surface area contributed by atoms with Crippen LogP contribution in [-0.4, -0.2) is 37.3 Å². The molecule has 4 rings (SSSR count). The van der Waals surface area contributed by atoms with Crippen LogP contribution in [0.3, 0.4) is 0 Å². The molecule has 0 spiro atoms. The Balaban J connectivity index is 1.32. The van der Waals surface area contributed by atoms with Crippen LogP contribution in [0.15, 0.2) is 54.6 Å². The summed E-state index contributed by atoms with van der Waals surface area (Å²) in [5.74, 6) is 2.33. The minimum absolute atomic E-state index is 0.163. The molecule has 0 fully saturated rings. The lowest BCUT2D eigenvalue weighted by Gasteiger charge is -2.10. The van der Waals surface area contributed by atoms with Crippen LogP contribution < -0.4 is 9.47 Å². The summed E-state index contributed by atoms with van der Waals surface area (Å²) in [6.07, 6.45) is 1.52. The molecular formula is C20H19N5O3. The van der Waals surface area contributed by atoms with E-state index in [1.165, 1.54) is 0 Å². The third-order valence-electron chi connectivity index (χ3n) is 4.16. The Kier molecular flexibility index (Phi) is 5.28. The monoisotopic (exact) mass is 377 g/mol. The molecule has 0 aliphatic heterocycles. The van der Waals surface area contributed by atoms with Crippen molar-refractivity contribution in [2.24, 2.45) is 0 Å². The van der Waals surface area contributed by atoms with E-state index >= 15 is 0 Å². The second-order valence-corrected chi connectivity index (χ2v) is 6.21. The molecule has 2 aromatic heterocycles. The first-order valence-electron chi connectivity index (χ1n) is 8.94. The molecule has 0 bridgehead atoms. The summed E-state index contributed by atoms with van der Waals surface area (Å²) in [6, 6.07) is 16.6. The van der Waals surface area contributed by atoms with E-state index in [0.717, 1.165) is 35.5 Å². The van der Waals surface area contributed by atoms with Gasteiger partial charge in [-0.25, -0.2) is 10.1 Å². The van der Waals surface area contributed by atoms with E-state index in [1.54, 1.807) is 12.1 Å². The van der Waals surface area contributed by atoms with Crippen molar-refractivity contribution in [1.82, 2.24) is 25.6 Å². The predicted octanol–water partition coefficient (Wildman–Crippen LogP) is 3.04. The molecule has 0 aliphatic rings. The van der Waals surface area contributed by atoms with Crippen LogP contribution >= 0.6 is 0 Å². The summed E-state index contributed by atoms with van der Waals surface area (Å²) in [4.78, 5) is 4.47. The largest absolute Gasteiger partial charge is 0.506 e. The van der Waals surface area contributed by atoms with Gasteiger partial charge in [-0.2, -0.15) is 0 Å². The molecule has 2 N–H and O–H groups in total. The van der Waals surface area contributed by atoms with Gasteiger partial charge in [-0.3, -0.25) is 0 Å². The van der Waals surface area contributed by atoms with Gasteiger partial charge in [0, 0.05) is 17.9 Å². The van der Waals surface area contributed by atoms with Crippen LogP contribution in [-0.2, 0) is 13.0 Å². The van der Waals surface area contributed by atoms with Crippen molar-refractivity contribution in [3.63, 3.8) is 0 Å². The first-order chi connectivity index (χ1) is 13.8. The van der Waals surface area contributed by atoms with Gasteiger partial charge in [0.2, 0.25) is 0 Å². The molecule has 28 heavy (non-hydrogen) atoms. The lowest BCUT2D eigenvalue weighted by atomic mass is 10.2. The van der Waals surface area contributed by atoms with Crippen molar-refractivity contribution >= 4 is 10.9 Å². The smallest absolute Gasteiger partial charge is 0.148 e. The number of hydrogen-bond donors (Lipinski definition) is 2. The Morgan fingerprint density at radius 2 is 1.82 bits per heavy atom. The van der Waals surface area contributed by atoms with Crippen molar-refractivity contribution in [3.8, 4) is 17.2 Å². The summed E-state index contributed by atoms with van der Waals surface area (Å²) < 4.78 is 11.6. The number of aromatic hydroxyl groups is 1. The lowest BCUT2D eigenvalue weighted by molar-refractivity contribution is 0.289. The van der Waals surface area contributed by atoms with Crippen LogP contribution in [0.5, 0.6) is 17.2 Å². The van der Waals surface area contributed by atoms with Gasteiger partial charge in [0.25, 0.3) is 0 Å². The average molecular weight is 377 g/mol. The molecule has 142 valence electrons. The van der Waals surface area contributed by atoms with Crippen LogP contribution in [0.2, 0.25) is 0 Å². The first kappa shape index (κ1) is 17.7. The third-order valence-corrected chi connectivity index (χ3v) is 4.16. The number of nitrogens with one attached hydrogen (secondary N) is 1. The van der Waals surface area contributed by atoms with Crippen LogP contribution in [0.4, 0.5) is 0 Å². The summed E-state index contributed by atoms with van der Waals surface area (Å²) in [5.41, 5.74) is 1.31. The number of tetrazole rings is 1. The normalized spacial score (nSPS) is 10.9. The standard InChI is InChI=1S/C20H19N5O3/c26-18-7-1-4-14-9-10-15(21-20(14)18)13-28-17-6-2-5-16(12-17)27-11-3-8-19-22-24-25-23-19/h1-2,4-7,9-10,12,26H,3,8,11,13H2,(H,22,23,24,25). The average Bonchev–Trinajstić information content (AvgIpc) is 3.24. The minimum atomic E-state index is 0.163. The number of phenolic OH excluding ortho intramolecular Hbond substituents is 1. The van der Waals surface area contributed by atoms with Crippen LogP contribution in [0.1, 0.15) is 17.9 Å². The zero-order valence-corrected chi connectivity index (χ0v) is 15.1. The molecule has 0 radical (unpaired) electrons. The van der Waals surface area contributed by atoms with Crippen molar-refractivity contribution in [3.05, 3.63) is 66.1 Å². The molecule has 2 heterocycles. The number of pyridine rings is 1. The highest BCUT2D eigenvalue weighted by Gasteiger charge is 2.05. The molecule has 0 aliphatic carbocycles. The van der Waals surface area contributed by atoms with E-state index in [2.05, 4.69) is 25.6 Å². The molecule has 0 saturated carbocycles. The SMILES string of the molecule is Oc1cccc2ccc(COc3cccc(OCCCc4nnn[nH]4)c3)nc12. The summed E-state index contributed by atoms with van der Waals surface area (Å²) in [5, 5.41) is 24.5. The number of hydrogen-bond acceptors (Lipinski definition) is 7. The molecule has 2 aromatic carbocycles. The van der Waals surface area contributed by atoms with Crippen molar-refractivity contribution in [2.75, 3.05) is 6.61 Å². The fourth-order valence-electron chi connectivity index (χ4n) is 2.78. The summed E-state index contributed by atoms with van der Waals surface area (Å²) in [6.45, 7) is 0.849. The number of aryl methyl sites for hydroxylation is 1. The topological polar surface area (TPSA) is 106 Å². The van der Waals surface area contributed by atoms with Crippen LogP contribution in [0.25, 0.3) is 10.9 Å². The molecule has 0 amide bonds. The van der Waals surface area contributed by atoms with E-state index in [4.69, 9.17) is 9.47 Å². The number of rotatable bonds is 8. The highest BCUT2D eigenvalue weighted by atomic mass is 16.5. The summed E-state index contributed by atoms with van der Waals surface area (Å²) in [7, 11) is 0. The van der Waals surface area contributed by atoms with Gasteiger partial charge in [0.05, 0.1) is 12.3 Å². The van der Waals surface area contributed by atoms with E-state index in [-0.39, 0.29) is 5.75 Å². The zero-order valence-electron chi connectivity index (χ0n) is 15.1. The predicted molar refractivity (Wildman–Crippen MR) is 102 cm³/mol. The van der Waals surface area contributed by atoms with Gasteiger partial charge >= 0.3 is 0 Å². The Labute approximate surface area is 161 Å². The number of fused-ring (bicyclic) bond motifs is 1. The van der Waals surface area contributed by atoms with E-state index < -0.39 is 0 Å². The molecule has 4 aromatic rings. The van der Waals surface area contributed by atoms with Crippen molar-refractivity contribution < 1.29 is 14.6 Å². The summed E-state index contributed by atoms with van der Waals surface area (Å²) >= 11 is 0. The fraction of sp³-hybridized carbons (Fsp3) is 0.200. The Morgan fingerprint density at radius 1 is 0.964 bits per heavy atom. The molecule has 0 unspecified atom stereocenters. The van der Waals surface area contributed by atoms with Gasteiger partial charge in [0.15, 0.2) is 0 Å². The molecule has 8 heteroatoms. The number of ether oxygens (including phenoxy) is 2. The number of para-hydroxylation sites is 1. The molecule has 8 nitrogen and oxygen atoms in total. The maximum Gasteiger partial charge on any atom is 0.148 e. The fourth-order valence-corrected chi connectivity index (χ4v) is 2.78. The number of phenols is 1. The van der Waals surface area contributed by atoms with Gasteiger partial charge < -0.3 is 14.6 Å². The molecule has 0 atom stereocenters. The highest BCUT2D eigenvalue weighted by molar-refractivity contribution is 5.84. The quantitative estimate of drug-likeness (QED) is 0.455. The van der Waals surface area contributed by atoms with Gasteiger partial charge in [-0.05, 0) is 41.1 Å². The van der Waals surface area contributed by atoms with E-state index in [1.807, 2.05) is 42.5 Å². The molecule has 0 saturated heterocycles. The van der Waals surface area contributed by atoms with Gasteiger partial charge in [0.1, 0.15) is 35.2 Å². The zero-order chi connectivity index (χ0) is 19.2. The minimum Gasteiger partial charge on any atom is -0.506 e. The van der Waals surface area contributed by atoms with Gasteiger partial charge in [-0.1, -0.05) is 24.3 Å².